The second kappa shape index (κ2) is 27.0. The first kappa shape index (κ1) is 33.4. The molecule has 0 aliphatic rings. The lowest BCUT2D eigenvalue weighted by Gasteiger charge is -2.15. The maximum Gasteiger partial charge on any atom is 0.306 e. The van der Waals surface area contributed by atoms with Gasteiger partial charge < -0.3 is 14.9 Å². The van der Waals surface area contributed by atoms with Gasteiger partial charge in [0.15, 0.2) is 0 Å². The van der Waals surface area contributed by atoms with Crippen molar-refractivity contribution >= 4 is 5.97 Å². The molecule has 204 valence electrons. The number of hydrogen-bond acceptors (Lipinski definition) is 4. The van der Waals surface area contributed by atoms with Crippen LogP contribution in [0.25, 0.3) is 0 Å². The number of carbonyl (C=O) groups excluding carboxylic acids is 1. The van der Waals surface area contributed by atoms with E-state index in [9.17, 15) is 15.0 Å². The third-order valence-corrected chi connectivity index (χ3v) is 6.94. The van der Waals surface area contributed by atoms with Crippen LogP contribution in [0.1, 0.15) is 168 Å². The van der Waals surface area contributed by atoms with Crippen molar-refractivity contribution in [2.24, 2.45) is 0 Å². The molecular formula is C30H60O4. The first-order valence-corrected chi connectivity index (χ1v) is 15.1. The fourth-order valence-corrected chi connectivity index (χ4v) is 4.60. The van der Waals surface area contributed by atoms with Crippen LogP contribution in [0.5, 0.6) is 0 Å². The summed E-state index contributed by atoms with van der Waals surface area (Å²) >= 11 is 0. The summed E-state index contributed by atoms with van der Waals surface area (Å²) in [5, 5.41) is 19.5. The first-order chi connectivity index (χ1) is 16.6. The predicted molar refractivity (Wildman–Crippen MR) is 145 cm³/mol. The van der Waals surface area contributed by atoms with Crippen LogP contribution in [0.4, 0.5) is 0 Å². The maximum absolute atomic E-state index is 12.1. The van der Waals surface area contributed by atoms with Crippen molar-refractivity contribution in [1.29, 1.82) is 0 Å². The molecule has 0 heterocycles. The van der Waals surface area contributed by atoms with Crippen LogP contribution in [0.15, 0.2) is 0 Å². The highest BCUT2D eigenvalue weighted by molar-refractivity contribution is 5.69. The molecule has 0 bridgehead atoms. The molecule has 2 N–H and O–H groups in total. The van der Waals surface area contributed by atoms with E-state index in [0.29, 0.717) is 6.42 Å². The number of carbonyl (C=O) groups is 1. The molecule has 0 saturated heterocycles. The van der Waals surface area contributed by atoms with Gasteiger partial charge in [-0.25, -0.2) is 0 Å². The molecule has 0 rings (SSSR count). The molecule has 4 heteroatoms. The van der Waals surface area contributed by atoms with Crippen molar-refractivity contribution < 1.29 is 19.7 Å². The van der Waals surface area contributed by atoms with Gasteiger partial charge in [-0.1, -0.05) is 129 Å². The largest absolute Gasteiger partial charge is 0.460 e. The molecule has 0 spiro atoms. The minimum atomic E-state index is -0.317. The minimum absolute atomic E-state index is 0.0574. The molecule has 0 aliphatic carbocycles. The molecule has 2 atom stereocenters. The highest BCUT2D eigenvalue weighted by atomic mass is 16.5. The van der Waals surface area contributed by atoms with Crippen LogP contribution in [-0.4, -0.2) is 35.0 Å². The zero-order valence-electron chi connectivity index (χ0n) is 23.0. The molecule has 0 aromatic carbocycles. The fraction of sp³-hybridized carbons (Fsp3) is 0.967. The van der Waals surface area contributed by atoms with Gasteiger partial charge in [0.2, 0.25) is 0 Å². The summed E-state index contributed by atoms with van der Waals surface area (Å²) in [5.41, 5.74) is 0. The lowest BCUT2D eigenvalue weighted by atomic mass is 10.0. The van der Waals surface area contributed by atoms with Gasteiger partial charge in [-0.15, -0.1) is 0 Å². The summed E-state index contributed by atoms with van der Waals surface area (Å²) in [5.74, 6) is -0.146. The van der Waals surface area contributed by atoms with Gasteiger partial charge in [-0.2, -0.15) is 0 Å². The van der Waals surface area contributed by atoms with E-state index in [2.05, 4.69) is 13.8 Å². The van der Waals surface area contributed by atoms with E-state index in [-0.39, 0.29) is 24.8 Å². The average Bonchev–Trinajstić information content (AvgIpc) is 2.83. The van der Waals surface area contributed by atoms with E-state index in [1.807, 2.05) is 0 Å². The number of hydrogen-bond donors (Lipinski definition) is 2. The minimum Gasteiger partial charge on any atom is -0.460 e. The summed E-state index contributed by atoms with van der Waals surface area (Å²) in [6.45, 7) is 4.40. The molecular weight excluding hydrogens is 424 g/mol. The van der Waals surface area contributed by atoms with Gasteiger partial charge in [0, 0.05) is 6.42 Å². The van der Waals surface area contributed by atoms with E-state index < -0.39 is 0 Å². The van der Waals surface area contributed by atoms with Crippen molar-refractivity contribution in [1.82, 2.24) is 0 Å². The molecule has 0 aromatic rings. The van der Waals surface area contributed by atoms with E-state index >= 15 is 0 Å². The van der Waals surface area contributed by atoms with Crippen molar-refractivity contribution in [3.63, 3.8) is 0 Å². The summed E-state index contributed by atoms with van der Waals surface area (Å²) < 4.78 is 5.48. The van der Waals surface area contributed by atoms with Crippen LogP contribution in [-0.2, 0) is 9.53 Å². The molecule has 0 fully saturated rings. The van der Waals surface area contributed by atoms with Crippen LogP contribution in [0.2, 0.25) is 0 Å². The van der Waals surface area contributed by atoms with Gasteiger partial charge in [-0.05, 0) is 32.1 Å². The van der Waals surface area contributed by atoms with Crippen molar-refractivity contribution in [3.8, 4) is 0 Å². The zero-order valence-corrected chi connectivity index (χ0v) is 23.0. The SMILES string of the molecule is CCCCCCCCCCC(CO)OC(=O)CCCCCCCCCCC(O)CCCCCC. The molecule has 4 nitrogen and oxygen atoms in total. The second-order valence-corrected chi connectivity index (χ2v) is 10.4. The van der Waals surface area contributed by atoms with Crippen LogP contribution in [0.3, 0.4) is 0 Å². The molecule has 2 unspecified atom stereocenters. The molecule has 34 heavy (non-hydrogen) atoms. The van der Waals surface area contributed by atoms with Gasteiger partial charge in [0.25, 0.3) is 0 Å². The Morgan fingerprint density at radius 1 is 0.588 bits per heavy atom. The molecule has 0 radical (unpaired) electrons. The topological polar surface area (TPSA) is 66.8 Å². The number of unbranched alkanes of at least 4 members (excludes halogenated alkanes) is 17. The van der Waals surface area contributed by atoms with Crippen molar-refractivity contribution in [3.05, 3.63) is 0 Å². The normalized spacial score (nSPS) is 13.2. The maximum atomic E-state index is 12.1. The lowest BCUT2D eigenvalue weighted by molar-refractivity contribution is -0.151. The van der Waals surface area contributed by atoms with Crippen LogP contribution >= 0.6 is 0 Å². The Balaban J connectivity index is 3.46. The molecule has 0 aliphatic heterocycles. The Labute approximate surface area is 212 Å². The Hall–Kier alpha value is -0.610. The number of aliphatic hydroxyl groups excluding tert-OH is 2. The second-order valence-electron chi connectivity index (χ2n) is 10.4. The van der Waals surface area contributed by atoms with Gasteiger partial charge in [-0.3, -0.25) is 4.79 Å². The zero-order chi connectivity index (χ0) is 25.1. The summed E-state index contributed by atoms with van der Waals surface area (Å²) in [4.78, 5) is 12.1. The highest BCUT2D eigenvalue weighted by Gasteiger charge is 2.13. The third-order valence-electron chi connectivity index (χ3n) is 6.94. The van der Waals surface area contributed by atoms with E-state index in [0.717, 1.165) is 44.9 Å². The van der Waals surface area contributed by atoms with E-state index in [4.69, 9.17) is 4.74 Å². The van der Waals surface area contributed by atoms with Crippen molar-refractivity contribution in [2.75, 3.05) is 6.61 Å². The Bertz CT molecular complexity index is 413. The average molecular weight is 485 g/mol. The Morgan fingerprint density at radius 3 is 1.44 bits per heavy atom. The Morgan fingerprint density at radius 2 is 0.971 bits per heavy atom. The van der Waals surface area contributed by atoms with Gasteiger partial charge in [0.05, 0.1) is 12.7 Å². The van der Waals surface area contributed by atoms with Gasteiger partial charge >= 0.3 is 5.97 Å². The summed E-state index contributed by atoms with van der Waals surface area (Å²) in [6, 6.07) is 0. The summed E-state index contributed by atoms with van der Waals surface area (Å²) in [7, 11) is 0. The number of rotatable bonds is 27. The van der Waals surface area contributed by atoms with E-state index in [1.54, 1.807) is 0 Å². The Kier molecular flexibility index (Phi) is 26.5. The highest BCUT2D eigenvalue weighted by Crippen LogP contribution is 2.15. The monoisotopic (exact) mass is 484 g/mol. The molecule has 0 amide bonds. The lowest BCUT2D eigenvalue weighted by Crippen LogP contribution is -2.21. The van der Waals surface area contributed by atoms with Crippen LogP contribution in [0, 0.1) is 0 Å². The first-order valence-electron chi connectivity index (χ1n) is 15.1. The van der Waals surface area contributed by atoms with E-state index in [1.165, 1.54) is 103 Å². The number of esters is 1. The number of ether oxygens (including phenoxy) is 1. The quantitative estimate of drug-likeness (QED) is 0.0904. The van der Waals surface area contributed by atoms with Crippen molar-refractivity contribution in [2.45, 2.75) is 180 Å². The standard InChI is InChI=1S/C30H60O4/c1-3-5-7-9-10-14-17-21-25-29(27-31)34-30(33)26-22-18-15-12-11-13-16-20-24-28(32)23-19-8-6-4-2/h28-29,31-32H,3-27H2,1-2H3. The van der Waals surface area contributed by atoms with Crippen LogP contribution < -0.4 is 0 Å². The third kappa shape index (κ3) is 24.5. The fourth-order valence-electron chi connectivity index (χ4n) is 4.60. The number of aliphatic hydroxyl groups is 2. The predicted octanol–water partition coefficient (Wildman–Crippen LogP) is 8.65. The smallest absolute Gasteiger partial charge is 0.306 e. The van der Waals surface area contributed by atoms with Gasteiger partial charge in [0.1, 0.15) is 6.10 Å². The summed E-state index contributed by atoms with van der Waals surface area (Å²) in [6.07, 6.45) is 27.0. The molecule has 0 aromatic heterocycles. The molecule has 0 saturated carbocycles.